The van der Waals surface area contributed by atoms with Gasteiger partial charge in [-0.3, -0.25) is 9.59 Å². The van der Waals surface area contributed by atoms with E-state index in [1.165, 1.54) is 10.7 Å². The van der Waals surface area contributed by atoms with Crippen LogP contribution in [0.1, 0.15) is 36.7 Å². The van der Waals surface area contributed by atoms with Crippen molar-refractivity contribution in [3.05, 3.63) is 53.8 Å². The number of aryl methyl sites for hydroxylation is 1. The van der Waals surface area contributed by atoms with Crippen LogP contribution in [0.5, 0.6) is 0 Å². The van der Waals surface area contributed by atoms with Crippen molar-refractivity contribution in [3.8, 4) is 0 Å². The Morgan fingerprint density at radius 2 is 2.08 bits per heavy atom. The molecule has 130 valence electrons. The Bertz CT molecular complexity index is 1080. The summed E-state index contributed by atoms with van der Waals surface area (Å²) in [7, 11) is 1.60. The van der Waals surface area contributed by atoms with Gasteiger partial charge in [-0.2, -0.15) is 5.10 Å². The highest BCUT2D eigenvalue weighted by molar-refractivity contribution is 9.10. The van der Waals surface area contributed by atoms with Crippen LogP contribution in [0.25, 0.3) is 10.8 Å². The number of nitrogens with one attached hydrogen (secondary N) is 1. The van der Waals surface area contributed by atoms with Gasteiger partial charge in [0.05, 0.1) is 11.4 Å². The van der Waals surface area contributed by atoms with Crippen molar-refractivity contribution in [1.82, 2.24) is 14.3 Å². The molecule has 1 N–H and O–H groups in total. The average Bonchev–Trinajstić information content (AvgIpc) is 3.32. The second-order valence-electron chi connectivity index (χ2n) is 6.39. The molecule has 6 nitrogen and oxygen atoms in total. The van der Waals surface area contributed by atoms with Crippen molar-refractivity contribution >= 4 is 43.9 Å². The van der Waals surface area contributed by atoms with Crippen LogP contribution < -0.4 is 16.4 Å². The number of aromatic nitrogens is 3. The standard InChI is InChI=1S/C17H17BrN4O2S/c1-9(14-5-10(18)8-25-14)19-16-13-7-22(11-3-4-11)15(23)6-12(13)17(24)21(2)20-16/h5-9,11H,3-4H2,1-2H3,(H,19,20)/t9-/m1/s1. The summed E-state index contributed by atoms with van der Waals surface area (Å²) in [6.07, 6.45) is 3.79. The van der Waals surface area contributed by atoms with Gasteiger partial charge in [-0.25, -0.2) is 4.68 Å². The topological polar surface area (TPSA) is 68.9 Å². The van der Waals surface area contributed by atoms with E-state index in [4.69, 9.17) is 0 Å². The Labute approximate surface area is 156 Å². The van der Waals surface area contributed by atoms with Crippen molar-refractivity contribution in [2.45, 2.75) is 31.8 Å². The number of pyridine rings is 1. The zero-order valence-corrected chi connectivity index (χ0v) is 16.2. The lowest BCUT2D eigenvalue weighted by atomic mass is 10.2. The van der Waals surface area contributed by atoms with Crippen LogP contribution in [0, 0.1) is 0 Å². The summed E-state index contributed by atoms with van der Waals surface area (Å²) in [6, 6.07) is 3.78. The van der Waals surface area contributed by atoms with Gasteiger partial charge < -0.3 is 9.88 Å². The maximum atomic E-state index is 12.4. The molecule has 0 unspecified atom stereocenters. The Morgan fingerprint density at radius 3 is 2.72 bits per heavy atom. The lowest BCUT2D eigenvalue weighted by Crippen LogP contribution is -2.26. The van der Waals surface area contributed by atoms with Gasteiger partial charge in [0.1, 0.15) is 0 Å². The molecule has 0 aliphatic heterocycles. The first kappa shape index (κ1) is 16.5. The number of anilines is 1. The number of fused-ring (bicyclic) bond motifs is 1. The number of nitrogens with zero attached hydrogens (tertiary/aromatic N) is 3. The van der Waals surface area contributed by atoms with Crippen molar-refractivity contribution in [1.29, 1.82) is 0 Å². The second kappa shape index (κ2) is 6.10. The highest BCUT2D eigenvalue weighted by Crippen LogP contribution is 2.34. The minimum absolute atomic E-state index is 0.0332. The molecule has 25 heavy (non-hydrogen) atoms. The number of hydrogen-bond donors (Lipinski definition) is 1. The molecule has 0 amide bonds. The first-order chi connectivity index (χ1) is 11.9. The number of halogens is 1. The van der Waals surface area contributed by atoms with E-state index in [-0.39, 0.29) is 23.2 Å². The molecule has 0 spiro atoms. The molecule has 0 bridgehead atoms. The van der Waals surface area contributed by atoms with E-state index in [1.807, 2.05) is 12.3 Å². The molecule has 0 radical (unpaired) electrons. The van der Waals surface area contributed by atoms with Gasteiger partial charge in [-0.1, -0.05) is 0 Å². The molecule has 3 heterocycles. The minimum Gasteiger partial charge on any atom is -0.361 e. The Morgan fingerprint density at radius 1 is 1.32 bits per heavy atom. The van der Waals surface area contributed by atoms with E-state index in [9.17, 15) is 9.59 Å². The molecule has 3 aromatic rings. The summed E-state index contributed by atoms with van der Waals surface area (Å²) >= 11 is 5.12. The van der Waals surface area contributed by atoms with E-state index in [0.29, 0.717) is 16.6 Å². The van der Waals surface area contributed by atoms with Crippen molar-refractivity contribution < 1.29 is 0 Å². The Balaban J connectivity index is 1.84. The summed E-state index contributed by atoms with van der Waals surface area (Å²) in [6.45, 7) is 2.05. The average molecular weight is 421 g/mol. The molecule has 0 saturated heterocycles. The van der Waals surface area contributed by atoms with Crippen LogP contribution in [0.2, 0.25) is 0 Å². The maximum absolute atomic E-state index is 12.4. The van der Waals surface area contributed by atoms with Gasteiger partial charge in [0, 0.05) is 45.5 Å². The fraction of sp³-hybridized carbons (Fsp3) is 0.353. The molecular weight excluding hydrogens is 404 g/mol. The summed E-state index contributed by atoms with van der Waals surface area (Å²) in [5.41, 5.74) is -0.383. The van der Waals surface area contributed by atoms with Gasteiger partial charge in [0.15, 0.2) is 5.82 Å². The van der Waals surface area contributed by atoms with E-state index in [0.717, 1.165) is 22.2 Å². The third kappa shape index (κ3) is 3.04. The van der Waals surface area contributed by atoms with Crippen LogP contribution in [0.15, 0.2) is 37.8 Å². The number of hydrogen-bond acceptors (Lipinski definition) is 5. The van der Waals surface area contributed by atoms with Crippen LogP contribution in [-0.2, 0) is 7.05 Å². The molecule has 0 aromatic carbocycles. The molecule has 4 rings (SSSR count). The van der Waals surface area contributed by atoms with E-state index < -0.39 is 0 Å². The summed E-state index contributed by atoms with van der Waals surface area (Å²) in [5, 5.41) is 10.9. The molecule has 8 heteroatoms. The van der Waals surface area contributed by atoms with Crippen LogP contribution in [0.4, 0.5) is 5.82 Å². The van der Waals surface area contributed by atoms with Crippen molar-refractivity contribution in [2.24, 2.45) is 7.05 Å². The molecule has 1 aliphatic carbocycles. The monoisotopic (exact) mass is 420 g/mol. The minimum atomic E-state index is -0.257. The van der Waals surface area contributed by atoms with E-state index >= 15 is 0 Å². The molecule has 1 aliphatic rings. The van der Waals surface area contributed by atoms with E-state index in [1.54, 1.807) is 29.1 Å². The normalized spacial score (nSPS) is 15.5. The zero-order chi connectivity index (χ0) is 17.7. The molecular formula is C17H17BrN4O2S. The van der Waals surface area contributed by atoms with Crippen LogP contribution in [0.3, 0.4) is 0 Å². The van der Waals surface area contributed by atoms with Gasteiger partial charge in [-0.05, 0) is 41.8 Å². The first-order valence-electron chi connectivity index (χ1n) is 8.07. The smallest absolute Gasteiger partial charge is 0.274 e. The van der Waals surface area contributed by atoms with Gasteiger partial charge in [-0.15, -0.1) is 11.3 Å². The third-order valence-corrected chi connectivity index (χ3v) is 6.29. The lowest BCUT2D eigenvalue weighted by Gasteiger charge is -2.16. The van der Waals surface area contributed by atoms with Crippen molar-refractivity contribution in [3.63, 3.8) is 0 Å². The zero-order valence-electron chi connectivity index (χ0n) is 13.8. The highest BCUT2D eigenvalue weighted by atomic mass is 79.9. The SMILES string of the molecule is C[C@@H](Nc1nn(C)c(=O)c2cc(=O)n(C3CC3)cc12)c1cc(Br)cs1. The second-order valence-corrected chi connectivity index (χ2v) is 8.25. The predicted molar refractivity (Wildman–Crippen MR) is 104 cm³/mol. The lowest BCUT2D eigenvalue weighted by molar-refractivity contribution is 0.698. The van der Waals surface area contributed by atoms with Crippen LogP contribution in [-0.4, -0.2) is 14.3 Å². The highest BCUT2D eigenvalue weighted by Gasteiger charge is 2.25. The Kier molecular flexibility index (Phi) is 4.04. The fourth-order valence-electron chi connectivity index (χ4n) is 2.91. The molecule has 1 fully saturated rings. The largest absolute Gasteiger partial charge is 0.361 e. The molecule has 1 atom stereocenters. The fourth-order valence-corrected chi connectivity index (χ4v) is 4.37. The quantitative estimate of drug-likeness (QED) is 0.701. The molecule has 3 aromatic heterocycles. The predicted octanol–water partition coefficient (Wildman–Crippen LogP) is 3.43. The van der Waals surface area contributed by atoms with Gasteiger partial charge >= 0.3 is 0 Å². The first-order valence-corrected chi connectivity index (χ1v) is 9.75. The summed E-state index contributed by atoms with van der Waals surface area (Å²) in [4.78, 5) is 25.9. The Hall–Kier alpha value is -1.93. The summed E-state index contributed by atoms with van der Waals surface area (Å²) in [5.74, 6) is 0.614. The maximum Gasteiger partial charge on any atom is 0.274 e. The number of rotatable bonds is 4. The number of thiophene rings is 1. The van der Waals surface area contributed by atoms with E-state index in [2.05, 4.69) is 32.4 Å². The van der Waals surface area contributed by atoms with Crippen LogP contribution >= 0.6 is 27.3 Å². The third-order valence-electron chi connectivity index (χ3n) is 4.42. The summed E-state index contributed by atoms with van der Waals surface area (Å²) < 4.78 is 4.05. The van der Waals surface area contributed by atoms with Gasteiger partial charge in [0.25, 0.3) is 11.1 Å². The van der Waals surface area contributed by atoms with Gasteiger partial charge in [0.2, 0.25) is 0 Å². The molecule has 1 saturated carbocycles. The van der Waals surface area contributed by atoms with Crippen molar-refractivity contribution in [2.75, 3.05) is 5.32 Å².